The Labute approximate surface area is 161 Å². The van der Waals surface area contributed by atoms with Gasteiger partial charge in [0.1, 0.15) is 0 Å². The third kappa shape index (κ3) is 3.39. The number of amides is 1. The Bertz CT molecular complexity index is 993. The van der Waals surface area contributed by atoms with E-state index in [-0.39, 0.29) is 28.7 Å². The van der Waals surface area contributed by atoms with Gasteiger partial charge in [-0.05, 0) is 30.3 Å². The lowest BCUT2D eigenvalue weighted by molar-refractivity contribution is 0.100. The molecule has 0 unspecified atom stereocenters. The maximum absolute atomic E-state index is 12.5. The van der Waals surface area contributed by atoms with E-state index in [1.54, 1.807) is 42.5 Å². The minimum absolute atomic E-state index is 0.0513. The quantitative estimate of drug-likeness (QED) is 0.765. The SMILES string of the molecule is O=C(N=C1S[C@H]2CS(=O)(=O)C[C@@H]2N1c1cccc(Cl)c1)c1ccccc1. The Morgan fingerprint density at radius 1 is 1.12 bits per heavy atom. The van der Waals surface area contributed by atoms with Crippen molar-refractivity contribution < 1.29 is 13.2 Å². The molecule has 8 heteroatoms. The summed E-state index contributed by atoms with van der Waals surface area (Å²) in [5, 5.41) is 0.929. The summed E-state index contributed by atoms with van der Waals surface area (Å²) in [6, 6.07) is 15.7. The van der Waals surface area contributed by atoms with E-state index in [0.717, 1.165) is 5.69 Å². The number of thioether (sulfide) groups is 1. The number of benzene rings is 2. The van der Waals surface area contributed by atoms with Crippen LogP contribution in [0.15, 0.2) is 59.6 Å². The van der Waals surface area contributed by atoms with E-state index in [1.165, 1.54) is 11.8 Å². The summed E-state index contributed by atoms with van der Waals surface area (Å²) in [6.45, 7) is 0. The van der Waals surface area contributed by atoms with Crippen LogP contribution in [0.1, 0.15) is 10.4 Å². The fourth-order valence-corrected chi connectivity index (χ4v) is 7.32. The third-order valence-electron chi connectivity index (χ3n) is 4.37. The van der Waals surface area contributed by atoms with Gasteiger partial charge in [0.25, 0.3) is 5.91 Å². The number of hydrogen-bond donors (Lipinski definition) is 0. The molecule has 134 valence electrons. The Hall–Kier alpha value is -1.83. The zero-order chi connectivity index (χ0) is 18.3. The minimum atomic E-state index is -3.10. The molecular weight excluding hydrogens is 392 g/mol. The molecule has 2 aromatic rings. The number of aliphatic imine (C=N–C) groups is 1. The molecule has 0 saturated carbocycles. The van der Waals surface area contributed by atoms with Crippen LogP contribution in [0.25, 0.3) is 0 Å². The lowest BCUT2D eigenvalue weighted by Crippen LogP contribution is -2.37. The van der Waals surface area contributed by atoms with Gasteiger partial charge in [-0.2, -0.15) is 4.99 Å². The van der Waals surface area contributed by atoms with Crippen LogP contribution < -0.4 is 4.90 Å². The van der Waals surface area contributed by atoms with Gasteiger partial charge >= 0.3 is 0 Å². The number of carbonyl (C=O) groups excluding carboxylic acids is 1. The summed E-state index contributed by atoms with van der Waals surface area (Å²) in [5.41, 5.74) is 1.24. The second kappa shape index (κ2) is 6.72. The first-order valence-corrected chi connectivity index (χ1v) is 11.1. The molecule has 0 N–H and O–H groups in total. The topological polar surface area (TPSA) is 66.8 Å². The second-order valence-corrected chi connectivity index (χ2v) is 10.0. The van der Waals surface area contributed by atoms with Crippen molar-refractivity contribution in [2.45, 2.75) is 11.3 Å². The molecule has 1 amide bonds. The summed E-state index contributed by atoms with van der Waals surface area (Å²) in [5.74, 6) is -0.198. The molecule has 0 aromatic heterocycles. The van der Waals surface area contributed by atoms with Crippen LogP contribution in [0.3, 0.4) is 0 Å². The molecule has 2 aliphatic heterocycles. The van der Waals surface area contributed by atoms with Crippen LogP contribution in [0.2, 0.25) is 5.02 Å². The van der Waals surface area contributed by atoms with Crippen LogP contribution in [0.5, 0.6) is 0 Å². The Kier molecular flexibility index (Phi) is 4.54. The highest BCUT2D eigenvalue weighted by Crippen LogP contribution is 2.41. The maximum Gasteiger partial charge on any atom is 0.279 e. The van der Waals surface area contributed by atoms with Gasteiger partial charge in [-0.3, -0.25) is 4.79 Å². The van der Waals surface area contributed by atoms with E-state index in [2.05, 4.69) is 4.99 Å². The molecule has 0 spiro atoms. The van der Waals surface area contributed by atoms with E-state index in [1.807, 2.05) is 17.0 Å². The summed E-state index contributed by atoms with van der Waals surface area (Å²) < 4.78 is 24.1. The lowest BCUT2D eigenvalue weighted by Gasteiger charge is -2.24. The predicted molar refractivity (Wildman–Crippen MR) is 106 cm³/mol. The van der Waals surface area contributed by atoms with Crippen LogP contribution in [-0.4, -0.2) is 42.3 Å². The predicted octanol–water partition coefficient (Wildman–Crippen LogP) is 3.26. The number of nitrogens with zero attached hydrogens (tertiary/aromatic N) is 2. The van der Waals surface area contributed by atoms with Crippen LogP contribution in [-0.2, 0) is 9.84 Å². The van der Waals surface area contributed by atoms with Gasteiger partial charge in [-0.1, -0.05) is 47.6 Å². The number of halogens is 1. The number of fused-ring (bicyclic) bond motifs is 1. The zero-order valence-corrected chi connectivity index (χ0v) is 16.0. The number of sulfone groups is 1. The molecule has 2 atom stereocenters. The average molecular weight is 407 g/mol. The van der Waals surface area contributed by atoms with Gasteiger partial charge in [-0.15, -0.1) is 0 Å². The number of amidine groups is 1. The van der Waals surface area contributed by atoms with Crippen molar-refractivity contribution >= 4 is 50.0 Å². The monoisotopic (exact) mass is 406 g/mol. The molecular formula is C18H15ClN2O3S2. The Balaban J connectivity index is 1.74. The summed E-state index contributed by atoms with van der Waals surface area (Å²) >= 11 is 7.46. The van der Waals surface area contributed by atoms with E-state index in [9.17, 15) is 13.2 Å². The van der Waals surface area contributed by atoms with Crippen molar-refractivity contribution in [1.82, 2.24) is 0 Å². The first-order valence-electron chi connectivity index (χ1n) is 8.03. The molecule has 4 rings (SSSR count). The molecule has 2 heterocycles. The van der Waals surface area contributed by atoms with Gasteiger partial charge < -0.3 is 4.90 Å². The Morgan fingerprint density at radius 3 is 2.62 bits per heavy atom. The second-order valence-electron chi connectivity index (χ2n) is 6.22. The molecule has 2 aromatic carbocycles. The number of carbonyl (C=O) groups is 1. The van der Waals surface area contributed by atoms with Crippen molar-refractivity contribution in [1.29, 1.82) is 0 Å². The fraction of sp³-hybridized carbons (Fsp3) is 0.222. The Morgan fingerprint density at radius 2 is 1.88 bits per heavy atom. The van der Waals surface area contributed by atoms with Crippen LogP contribution in [0.4, 0.5) is 5.69 Å². The van der Waals surface area contributed by atoms with Gasteiger partial charge in [0.15, 0.2) is 15.0 Å². The smallest absolute Gasteiger partial charge is 0.279 e. The van der Waals surface area contributed by atoms with Crippen molar-refractivity contribution in [2.24, 2.45) is 4.99 Å². The summed E-state index contributed by atoms with van der Waals surface area (Å²) in [6.07, 6.45) is 0. The maximum atomic E-state index is 12.5. The molecule has 0 bridgehead atoms. The van der Waals surface area contributed by atoms with Crippen LogP contribution in [0, 0.1) is 0 Å². The van der Waals surface area contributed by atoms with Gasteiger partial charge in [-0.25, -0.2) is 8.42 Å². The summed E-state index contributed by atoms with van der Waals surface area (Å²) in [7, 11) is -3.10. The van der Waals surface area contributed by atoms with E-state index >= 15 is 0 Å². The standard InChI is InChI=1S/C18H15ClN2O3S2/c19-13-7-4-8-14(9-13)21-15-10-26(23,24)11-16(15)25-18(21)20-17(22)12-5-2-1-3-6-12/h1-9,15-16H,10-11H2/t15-,16-/m0/s1. The average Bonchev–Trinajstić information content (AvgIpc) is 3.06. The van der Waals surface area contributed by atoms with E-state index in [4.69, 9.17) is 11.6 Å². The molecule has 0 aliphatic carbocycles. The fourth-order valence-electron chi connectivity index (χ4n) is 3.22. The molecule has 26 heavy (non-hydrogen) atoms. The first kappa shape index (κ1) is 17.6. The summed E-state index contributed by atoms with van der Waals surface area (Å²) in [4.78, 5) is 18.7. The highest BCUT2D eigenvalue weighted by atomic mass is 35.5. The van der Waals surface area contributed by atoms with Crippen molar-refractivity contribution in [3.8, 4) is 0 Å². The molecule has 5 nitrogen and oxygen atoms in total. The third-order valence-corrected chi connectivity index (χ3v) is 7.82. The van der Waals surface area contributed by atoms with E-state index < -0.39 is 9.84 Å². The number of anilines is 1. The highest BCUT2D eigenvalue weighted by Gasteiger charge is 2.49. The largest absolute Gasteiger partial charge is 0.316 e. The van der Waals surface area contributed by atoms with E-state index in [0.29, 0.717) is 15.8 Å². The van der Waals surface area contributed by atoms with Gasteiger partial charge in [0.05, 0.1) is 17.5 Å². The van der Waals surface area contributed by atoms with Crippen molar-refractivity contribution in [3.63, 3.8) is 0 Å². The zero-order valence-electron chi connectivity index (χ0n) is 13.6. The number of hydrogen-bond acceptors (Lipinski definition) is 4. The van der Waals surface area contributed by atoms with Crippen LogP contribution >= 0.6 is 23.4 Å². The van der Waals surface area contributed by atoms with Crippen molar-refractivity contribution in [2.75, 3.05) is 16.4 Å². The highest BCUT2D eigenvalue weighted by molar-refractivity contribution is 8.16. The van der Waals surface area contributed by atoms with Gasteiger partial charge in [0.2, 0.25) is 0 Å². The normalized spacial score (nSPS) is 25.4. The first-order chi connectivity index (χ1) is 12.4. The van der Waals surface area contributed by atoms with Gasteiger partial charge in [0, 0.05) is 21.5 Å². The number of rotatable bonds is 2. The lowest BCUT2D eigenvalue weighted by atomic mass is 10.2. The van der Waals surface area contributed by atoms with Crippen molar-refractivity contribution in [3.05, 3.63) is 65.2 Å². The molecule has 2 aliphatic rings. The molecule has 2 fully saturated rings. The minimum Gasteiger partial charge on any atom is -0.316 e. The molecule has 0 radical (unpaired) electrons. The molecule has 2 saturated heterocycles.